The molecule has 3 nitrogen and oxygen atoms in total. The number of benzene rings is 1. The Balaban J connectivity index is 2.22. The van der Waals surface area contributed by atoms with E-state index in [1.165, 1.54) is 11.4 Å². The van der Waals surface area contributed by atoms with E-state index >= 15 is 0 Å². The number of hydrogen-bond donors (Lipinski definition) is 2. The highest BCUT2D eigenvalue weighted by Gasteiger charge is 2.23. The molecule has 0 saturated heterocycles. The Morgan fingerprint density at radius 3 is 2.93 bits per heavy atom. The van der Waals surface area contributed by atoms with Crippen LogP contribution in [0.5, 0.6) is 0 Å². The highest BCUT2D eigenvalue weighted by molar-refractivity contribution is 9.10. The number of anilines is 2. The minimum atomic E-state index is -0.170. The summed E-state index contributed by atoms with van der Waals surface area (Å²) < 4.78 is 1.10. The summed E-state index contributed by atoms with van der Waals surface area (Å²) in [6.45, 7) is 5.79. The van der Waals surface area contributed by atoms with E-state index in [9.17, 15) is 0 Å². The van der Waals surface area contributed by atoms with Crippen molar-refractivity contribution in [3.8, 4) is 0 Å². The van der Waals surface area contributed by atoms with Crippen LogP contribution in [0.1, 0.15) is 13.8 Å². The molecule has 1 heterocycles. The van der Waals surface area contributed by atoms with Gasteiger partial charge < -0.3 is 16.0 Å². The topological polar surface area (TPSA) is 41.3 Å². The summed E-state index contributed by atoms with van der Waals surface area (Å²) in [4.78, 5) is 2.27. The van der Waals surface area contributed by atoms with Gasteiger partial charge in [0.05, 0.1) is 18.0 Å². The van der Waals surface area contributed by atoms with Crippen molar-refractivity contribution in [1.29, 1.82) is 0 Å². The number of nitrogens with one attached hydrogen (secondary N) is 1. The second-order valence-corrected chi connectivity index (χ2v) is 5.60. The first-order chi connectivity index (χ1) is 6.96. The van der Waals surface area contributed by atoms with Crippen molar-refractivity contribution < 1.29 is 0 Å². The molecule has 1 aromatic rings. The van der Waals surface area contributed by atoms with Crippen LogP contribution < -0.4 is 16.0 Å². The Labute approximate surface area is 98.8 Å². The third kappa shape index (κ3) is 2.44. The van der Waals surface area contributed by atoms with Gasteiger partial charge in [-0.1, -0.05) is 15.9 Å². The normalized spacial score (nSPS) is 15.1. The summed E-state index contributed by atoms with van der Waals surface area (Å²) in [6.07, 6.45) is 0. The molecule has 15 heavy (non-hydrogen) atoms. The molecule has 0 aromatic heterocycles. The molecule has 4 heteroatoms. The fraction of sp³-hybridized carbons (Fsp3) is 0.455. The van der Waals surface area contributed by atoms with Crippen molar-refractivity contribution in [2.75, 3.05) is 23.4 Å². The maximum absolute atomic E-state index is 6.02. The molecule has 1 aliphatic heterocycles. The lowest BCUT2D eigenvalue weighted by molar-refractivity contribution is 0.514. The van der Waals surface area contributed by atoms with Crippen LogP contribution >= 0.6 is 15.9 Å². The highest BCUT2D eigenvalue weighted by atomic mass is 79.9. The zero-order valence-corrected chi connectivity index (χ0v) is 10.6. The van der Waals surface area contributed by atoms with Crippen LogP contribution in [0.4, 0.5) is 11.4 Å². The molecule has 3 N–H and O–H groups in total. The van der Waals surface area contributed by atoms with Crippen molar-refractivity contribution in [1.82, 2.24) is 0 Å². The molecule has 1 aliphatic rings. The lowest BCUT2D eigenvalue weighted by Gasteiger charge is -2.27. The van der Waals surface area contributed by atoms with Crippen molar-refractivity contribution in [2.24, 2.45) is 5.73 Å². The summed E-state index contributed by atoms with van der Waals surface area (Å²) in [7, 11) is 0. The molecule has 0 aliphatic carbocycles. The average Bonchev–Trinajstić information content (AvgIpc) is 2.45. The number of fused-ring (bicyclic) bond motifs is 1. The van der Waals surface area contributed by atoms with Crippen molar-refractivity contribution in [2.45, 2.75) is 19.4 Å². The molecule has 0 amide bonds. The first-order valence-corrected chi connectivity index (χ1v) is 5.82. The molecule has 0 bridgehead atoms. The SMILES string of the molecule is CC(C)(N)CN1CNc2cc(Br)ccc21. The van der Waals surface area contributed by atoms with Gasteiger partial charge in [0.15, 0.2) is 0 Å². The van der Waals surface area contributed by atoms with Crippen molar-refractivity contribution >= 4 is 27.3 Å². The smallest absolute Gasteiger partial charge is 0.0878 e. The molecule has 0 atom stereocenters. The Morgan fingerprint density at radius 2 is 2.27 bits per heavy atom. The van der Waals surface area contributed by atoms with E-state index in [1.54, 1.807) is 0 Å². The molecule has 0 unspecified atom stereocenters. The summed E-state index contributed by atoms with van der Waals surface area (Å²) in [5.41, 5.74) is 8.26. The summed E-state index contributed by atoms with van der Waals surface area (Å²) in [6, 6.07) is 6.27. The maximum Gasteiger partial charge on any atom is 0.0878 e. The zero-order valence-electron chi connectivity index (χ0n) is 9.05. The van der Waals surface area contributed by atoms with Gasteiger partial charge in [0.25, 0.3) is 0 Å². The zero-order chi connectivity index (χ0) is 11.1. The quantitative estimate of drug-likeness (QED) is 0.867. The summed E-state index contributed by atoms with van der Waals surface area (Å²) >= 11 is 3.46. The lowest BCUT2D eigenvalue weighted by Crippen LogP contribution is -2.45. The minimum Gasteiger partial charge on any atom is -0.366 e. The Kier molecular flexibility index (Phi) is 2.64. The molecule has 0 saturated carbocycles. The Morgan fingerprint density at radius 1 is 1.53 bits per heavy atom. The van der Waals surface area contributed by atoms with Gasteiger partial charge in [0.2, 0.25) is 0 Å². The molecule has 2 rings (SSSR count). The van der Waals surface area contributed by atoms with Gasteiger partial charge in [0.1, 0.15) is 0 Å². The predicted molar refractivity (Wildman–Crippen MR) is 68.2 cm³/mol. The Bertz CT molecular complexity index is 371. The van der Waals surface area contributed by atoms with E-state index in [-0.39, 0.29) is 5.54 Å². The third-order valence-corrected chi connectivity index (χ3v) is 2.85. The highest BCUT2D eigenvalue weighted by Crippen LogP contribution is 2.33. The standard InChI is InChI=1S/C11H16BrN3/c1-11(2,13)6-15-7-14-9-5-8(12)3-4-10(9)15/h3-5,14H,6-7,13H2,1-2H3. The molecule has 0 spiro atoms. The van der Waals surface area contributed by atoms with E-state index < -0.39 is 0 Å². The first-order valence-electron chi connectivity index (χ1n) is 5.03. The fourth-order valence-corrected chi connectivity index (χ4v) is 2.19. The van der Waals surface area contributed by atoms with Crippen LogP contribution in [0.2, 0.25) is 0 Å². The minimum absolute atomic E-state index is 0.170. The molecule has 0 fully saturated rings. The monoisotopic (exact) mass is 269 g/mol. The van der Waals surface area contributed by atoms with E-state index in [2.05, 4.69) is 44.3 Å². The van der Waals surface area contributed by atoms with Gasteiger partial charge in [-0.3, -0.25) is 0 Å². The van der Waals surface area contributed by atoms with Gasteiger partial charge in [0, 0.05) is 16.6 Å². The van der Waals surface area contributed by atoms with Gasteiger partial charge in [-0.25, -0.2) is 0 Å². The molecule has 82 valence electrons. The van der Waals surface area contributed by atoms with Crippen molar-refractivity contribution in [3.05, 3.63) is 22.7 Å². The number of nitrogens with zero attached hydrogens (tertiary/aromatic N) is 1. The molecular weight excluding hydrogens is 254 g/mol. The lowest BCUT2D eigenvalue weighted by atomic mass is 10.1. The predicted octanol–water partition coefficient (Wildman–Crippen LogP) is 2.38. The van der Waals surface area contributed by atoms with E-state index in [1.807, 2.05) is 13.8 Å². The van der Waals surface area contributed by atoms with Crippen molar-refractivity contribution in [3.63, 3.8) is 0 Å². The second kappa shape index (κ2) is 3.68. The summed E-state index contributed by atoms with van der Waals surface area (Å²) in [5.74, 6) is 0. The third-order valence-electron chi connectivity index (χ3n) is 2.36. The van der Waals surface area contributed by atoms with Gasteiger partial charge in [-0.2, -0.15) is 0 Å². The van der Waals surface area contributed by atoms with Gasteiger partial charge >= 0.3 is 0 Å². The number of nitrogens with two attached hydrogens (primary N) is 1. The van der Waals surface area contributed by atoms with E-state index in [0.717, 1.165) is 17.7 Å². The van der Waals surface area contributed by atoms with Gasteiger partial charge in [-0.05, 0) is 32.0 Å². The first kappa shape index (κ1) is 10.8. The van der Waals surface area contributed by atoms with E-state index in [0.29, 0.717) is 0 Å². The van der Waals surface area contributed by atoms with Crippen LogP contribution in [0.3, 0.4) is 0 Å². The summed E-state index contributed by atoms with van der Waals surface area (Å²) in [5, 5.41) is 3.35. The number of rotatable bonds is 2. The average molecular weight is 270 g/mol. The Hall–Kier alpha value is -0.740. The van der Waals surface area contributed by atoms with Crippen LogP contribution in [0.15, 0.2) is 22.7 Å². The van der Waals surface area contributed by atoms with Crippen LogP contribution in [-0.4, -0.2) is 18.8 Å². The second-order valence-electron chi connectivity index (χ2n) is 4.68. The van der Waals surface area contributed by atoms with Gasteiger partial charge in [-0.15, -0.1) is 0 Å². The number of halogens is 1. The maximum atomic E-state index is 6.02. The molecule has 0 radical (unpaired) electrons. The largest absolute Gasteiger partial charge is 0.366 e. The van der Waals surface area contributed by atoms with Crippen LogP contribution in [0.25, 0.3) is 0 Å². The van der Waals surface area contributed by atoms with E-state index in [4.69, 9.17) is 5.73 Å². The number of hydrogen-bond acceptors (Lipinski definition) is 3. The van der Waals surface area contributed by atoms with Crippen LogP contribution in [-0.2, 0) is 0 Å². The van der Waals surface area contributed by atoms with Crippen LogP contribution in [0, 0.1) is 0 Å². The molecule has 1 aromatic carbocycles. The fourth-order valence-electron chi connectivity index (χ4n) is 1.82. The molecular formula is C11H16BrN3.